The van der Waals surface area contributed by atoms with Gasteiger partial charge in [-0.15, -0.1) is 0 Å². The minimum Gasteiger partial charge on any atom is -0.371 e. The third-order valence-corrected chi connectivity index (χ3v) is 4.05. The molecule has 0 spiro atoms. The summed E-state index contributed by atoms with van der Waals surface area (Å²) in [7, 11) is 3.62. The van der Waals surface area contributed by atoms with E-state index in [9.17, 15) is 4.79 Å². The summed E-state index contributed by atoms with van der Waals surface area (Å²) >= 11 is 0. The molecule has 4 nitrogen and oxygen atoms in total. The molecule has 2 amide bonds. The molecule has 2 aliphatic rings. The third-order valence-electron chi connectivity index (χ3n) is 4.05. The van der Waals surface area contributed by atoms with E-state index in [1.54, 1.807) is 4.90 Å². The highest BCUT2D eigenvalue weighted by atomic mass is 16.2. The number of nitrogens with zero attached hydrogens (tertiary/aromatic N) is 3. The maximum absolute atomic E-state index is 12.2. The van der Waals surface area contributed by atoms with Gasteiger partial charge in [0.25, 0.3) is 0 Å². The number of urea groups is 1. The number of hydrogen-bond acceptors (Lipinski definition) is 2. The molecule has 0 aromatic heterocycles. The van der Waals surface area contributed by atoms with Crippen molar-refractivity contribution in [2.75, 3.05) is 43.5 Å². The van der Waals surface area contributed by atoms with E-state index in [-0.39, 0.29) is 6.03 Å². The topological polar surface area (TPSA) is 26.8 Å². The lowest BCUT2D eigenvalue weighted by Gasteiger charge is -2.24. The first-order valence-electron chi connectivity index (χ1n) is 7.03. The molecule has 1 fully saturated rings. The number of carbonyl (C=O) groups excluding carboxylic acids is 1. The maximum Gasteiger partial charge on any atom is 0.323 e. The van der Waals surface area contributed by atoms with Gasteiger partial charge in [0.05, 0.1) is 5.69 Å². The Morgan fingerprint density at radius 1 is 1.16 bits per heavy atom. The van der Waals surface area contributed by atoms with Crippen molar-refractivity contribution in [3.8, 4) is 0 Å². The van der Waals surface area contributed by atoms with Gasteiger partial charge >= 0.3 is 6.03 Å². The van der Waals surface area contributed by atoms with Crippen molar-refractivity contribution in [1.29, 1.82) is 0 Å². The first-order chi connectivity index (χ1) is 9.16. The van der Waals surface area contributed by atoms with E-state index in [2.05, 4.69) is 23.1 Å². The van der Waals surface area contributed by atoms with E-state index >= 15 is 0 Å². The summed E-state index contributed by atoms with van der Waals surface area (Å²) in [6.45, 7) is 3.08. The van der Waals surface area contributed by atoms with Gasteiger partial charge < -0.3 is 9.80 Å². The molecule has 1 aromatic carbocycles. The van der Waals surface area contributed by atoms with E-state index in [0.29, 0.717) is 0 Å². The van der Waals surface area contributed by atoms with Crippen molar-refractivity contribution >= 4 is 17.4 Å². The number of carbonyl (C=O) groups is 1. The lowest BCUT2D eigenvalue weighted by atomic mass is 10.1. The Morgan fingerprint density at radius 2 is 1.89 bits per heavy atom. The lowest BCUT2D eigenvalue weighted by Crippen LogP contribution is -2.38. The van der Waals surface area contributed by atoms with Gasteiger partial charge in [0.1, 0.15) is 0 Å². The summed E-state index contributed by atoms with van der Waals surface area (Å²) in [4.78, 5) is 18.1. The largest absolute Gasteiger partial charge is 0.371 e. The summed E-state index contributed by atoms with van der Waals surface area (Å²) in [5.74, 6) is 0. The second-order valence-electron chi connectivity index (χ2n) is 5.59. The molecule has 0 radical (unpaired) electrons. The van der Waals surface area contributed by atoms with Gasteiger partial charge in [-0.05, 0) is 37.0 Å². The predicted octanol–water partition coefficient (Wildman–Crippen LogP) is 2.33. The zero-order chi connectivity index (χ0) is 13.4. The second kappa shape index (κ2) is 4.76. The van der Waals surface area contributed by atoms with Crippen LogP contribution in [0.2, 0.25) is 0 Å². The molecule has 102 valence electrons. The van der Waals surface area contributed by atoms with Crippen molar-refractivity contribution in [2.45, 2.75) is 19.3 Å². The van der Waals surface area contributed by atoms with Gasteiger partial charge in [-0.3, -0.25) is 4.90 Å². The summed E-state index contributed by atoms with van der Waals surface area (Å²) < 4.78 is 0. The normalized spacial score (nSPS) is 17.8. The summed E-state index contributed by atoms with van der Waals surface area (Å²) in [5.41, 5.74) is 3.65. The molecule has 4 heteroatoms. The second-order valence-corrected chi connectivity index (χ2v) is 5.59. The van der Waals surface area contributed by atoms with Gasteiger partial charge in [0.15, 0.2) is 0 Å². The van der Waals surface area contributed by atoms with Crippen LogP contribution in [0, 0.1) is 0 Å². The van der Waals surface area contributed by atoms with Crippen LogP contribution in [0.5, 0.6) is 0 Å². The fourth-order valence-corrected chi connectivity index (χ4v) is 2.98. The molecule has 1 aromatic rings. The third kappa shape index (κ3) is 2.15. The molecule has 0 N–H and O–H groups in total. The SMILES string of the molecule is CN(C)C(=O)N1CCc2ccc(N3CCCC3)cc21. The van der Waals surface area contributed by atoms with Crippen molar-refractivity contribution < 1.29 is 4.79 Å². The molecule has 3 rings (SSSR count). The van der Waals surface area contributed by atoms with Gasteiger partial charge in [0.2, 0.25) is 0 Å². The number of anilines is 2. The van der Waals surface area contributed by atoms with Crippen molar-refractivity contribution in [3.63, 3.8) is 0 Å². The Kier molecular flexibility index (Phi) is 3.09. The number of hydrogen-bond donors (Lipinski definition) is 0. The number of benzene rings is 1. The number of fused-ring (bicyclic) bond motifs is 1. The van der Waals surface area contributed by atoms with Crippen LogP contribution in [0.15, 0.2) is 18.2 Å². The van der Waals surface area contributed by atoms with E-state index in [1.807, 2.05) is 19.0 Å². The standard InChI is InChI=1S/C15H21N3O/c1-16(2)15(19)18-10-7-12-5-6-13(11-14(12)18)17-8-3-4-9-17/h5-6,11H,3-4,7-10H2,1-2H3. The molecule has 0 aliphatic carbocycles. The van der Waals surface area contributed by atoms with Gasteiger partial charge in [-0.2, -0.15) is 0 Å². The average Bonchev–Trinajstić information content (AvgIpc) is 3.06. The smallest absolute Gasteiger partial charge is 0.323 e. The highest BCUT2D eigenvalue weighted by Gasteiger charge is 2.26. The highest BCUT2D eigenvalue weighted by molar-refractivity contribution is 5.94. The van der Waals surface area contributed by atoms with Crippen LogP contribution in [0.25, 0.3) is 0 Å². The van der Waals surface area contributed by atoms with E-state index < -0.39 is 0 Å². The quantitative estimate of drug-likeness (QED) is 0.774. The summed E-state index contributed by atoms with van der Waals surface area (Å²) in [5, 5.41) is 0. The minimum atomic E-state index is 0.0809. The molecule has 19 heavy (non-hydrogen) atoms. The molecule has 1 saturated heterocycles. The zero-order valence-corrected chi connectivity index (χ0v) is 11.7. The molecule has 0 saturated carbocycles. The molecule has 0 bridgehead atoms. The van der Waals surface area contributed by atoms with Crippen LogP contribution < -0.4 is 9.80 Å². The first-order valence-corrected chi connectivity index (χ1v) is 7.03. The number of rotatable bonds is 1. The Labute approximate surface area is 114 Å². The van der Waals surface area contributed by atoms with Crippen LogP contribution in [0.3, 0.4) is 0 Å². The van der Waals surface area contributed by atoms with Crippen LogP contribution >= 0.6 is 0 Å². The molecule has 2 heterocycles. The van der Waals surface area contributed by atoms with E-state index in [1.165, 1.54) is 24.1 Å². The molecule has 0 unspecified atom stereocenters. The van der Waals surface area contributed by atoms with E-state index in [0.717, 1.165) is 31.7 Å². The first kappa shape index (κ1) is 12.3. The summed E-state index contributed by atoms with van der Waals surface area (Å²) in [6.07, 6.45) is 3.52. The average molecular weight is 259 g/mol. The fraction of sp³-hybridized carbons (Fsp3) is 0.533. The maximum atomic E-state index is 12.2. The van der Waals surface area contributed by atoms with Crippen molar-refractivity contribution in [3.05, 3.63) is 23.8 Å². The van der Waals surface area contributed by atoms with E-state index in [4.69, 9.17) is 0 Å². The molecule has 0 atom stereocenters. The molecule has 2 aliphatic heterocycles. The van der Waals surface area contributed by atoms with Crippen LogP contribution in [-0.4, -0.2) is 44.7 Å². The fourth-order valence-electron chi connectivity index (χ4n) is 2.98. The van der Waals surface area contributed by atoms with Gasteiger partial charge in [0, 0.05) is 39.4 Å². The Hall–Kier alpha value is -1.71. The van der Waals surface area contributed by atoms with Crippen LogP contribution in [0.4, 0.5) is 16.2 Å². The predicted molar refractivity (Wildman–Crippen MR) is 78.0 cm³/mol. The number of amides is 2. The van der Waals surface area contributed by atoms with Crippen LogP contribution in [-0.2, 0) is 6.42 Å². The zero-order valence-electron chi connectivity index (χ0n) is 11.7. The Morgan fingerprint density at radius 3 is 2.58 bits per heavy atom. The molecular weight excluding hydrogens is 238 g/mol. The van der Waals surface area contributed by atoms with Gasteiger partial charge in [-0.25, -0.2) is 4.79 Å². The Bertz CT molecular complexity index is 492. The lowest BCUT2D eigenvalue weighted by molar-refractivity contribution is 0.224. The Balaban J connectivity index is 1.90. The summed E-state index contributed by atoms with van der Waals surface area (Å²) in [6, 6.07) is 6.66. The monoisotopic (exact) mass is 259 g/mol. The van der Waals surface area contributed by atoms with Crippen molar-refractivity contribution in [2.24, 2.45) is 0 Å². The van der Waals surface area contributed by atoms with Crippen molar-refractivity contribution in [1.82, 2.24) is 4.90 Å². The highest BCUT2D eigenvalue weighted by Crippen LogP contribution is 2.33. The molecular formula is C15H21N3O. The van der Waals surface area contributed by atoms with Gasteiger partial charge in [-0.1, -0.05) is 6.07 Å². The van der Waals surface area contributed by atoms with Crippen LogP contribution in [0.1, 0.15) is 18.4 Å². The minimum absolute atomic E-state index is 0.0809.